The number of hydrogen-bond donors (Lipinski definition) is 3. The van der Waals surface area contributed by atoms with Crippen LogP contribution in [0.5, 0.6) is 0 Å². The molecule has 0 aliphatic rings. The van der Waals surface area contributed by atoms with Crippen LogP contribution in [0.15, 0.2) is 91.0 Å². The van der Waals surface area contributed by atoms with Gasteiger partial charge in [0.2, 0.25) is 17.3 Å². The van der Waals surface area contributed by atoms with Crippen LogP contribution in [-0.4, -0.2) is 66.8 Å². The highest BCUT2D eigenvalue weighted by molar-refractivity contribution is 7.96. The largest absolute Gasteiger partial charge is 0.476 e. The maximum Gasteiger partial charge on any atom is 0.371 e. The molecular weight excluding hydrogens is 629 g/mol. The van der Waals surface area contributed by atoms with Crippen molar-refractivity contribution in [1.82, 2.24) is 0 Å². The maximum absolute atomic E-state index is 12.5. The number of carboxylic acids is 1. The van der Waals surface area contributed by atoms with E-state index in [2.05, 4.69) is 6.07 Å². The Kier molecular flexibility index (Phi) is 19.3. The first kappa shape index (κ1) is 43.3. The van der Waals surface area contributed by atoms with Crippen molar-refractivity contribution in [1.29, 1.82) is 15.8 Å². The van der Waals surface area contributed by atoms with Crippen LogP contribution in [0, 0.1) is 34.0 Å². The zero-order chi connectivity index (χ0) is 35.5. The molecular formula is C33H32N3O10P. The van der Waals surface area contributed by atoms with Gasteiger partial charge in [-0.1, -0.05) is 91.0 Å². The lowest BCUT2D eigenvalue weighted by molar-refractivity contribution is -0.160. The number of carbonyl (C=O) groups excluding carboxylic acids is 5. The minimum atomic E-state index is -2.79. The smallest absolute Gasteiger partial charge is 0.371 e. The van der Waals surface area contributed by atoms with Crippen LogP contribution in [0.2, 0.25) is 0 Å². The number of carboxylic acid groups (broad SMARTS) is 1. The maximum atomic E-state index is 12.5. The zero-order valence-corrected chi connectivity index (χ0v) is 26.6. The molecule has 13 nitrogen and oxygen atoms in total. The third kappa shape index (κ3) is 12.9. The van der Waals surface area contributed by atoms with E-state index in [4.69, 9.17) is 25.8 Å². The number of aliphatic hydroxyl groups is 2. The van der Waals surface area contributed by atoms with Crippen LogP contribution in [0.25, 0.3) is 0 Å². The summed E-state index contributed by atoms with van der Waals surface area (Å²) in [6.45, 7) is 1.96. The van der Waals surface area contributed by atoms with Gasteiger partial charge in [0, 0.05) is 20.8 Å². The Labute approximate surface area is 270 Å². The molecule has 47 heavy (non-hydrogen) atoms. The van der Waals surface area contributed by atoms with Crippen LogP contribution in [0.1, 0.15) is 27.7 Å². The van der Waals surface area contributed by atoms with Crippen molar-refractivity contribution in [2.45, 2.75) is 33.5 Å². The molecule has 3 aromatic rings. The van der Waals surface area contributed by atoms with E-state index in [-0.39, 0.29) is 11.3 Å². The second-order valence-corrected chi connectivity index (χ2v) is 12.2. The number of Topliss-reactive ketones (excluding diaryl/α,β-unsaturated/α-hetero) is 5. The van der Waals surface area contributed by atoms with E-state index < -0.39 is 41.8 Å². The SMILES string of the molecule is CC(=O)C(=O)C#N.CC(=O)C(=O)O.CC(=O)C(C#N)=P(c1ccccc1)(c1ccccc1)c1ccccc1.CC(=O)C(O)(O)C#N.O. The monoisotopic (exact) mass is 661 g/mol. The summed E-state index contributed by atoms with van der Waals surface area (Å²) in [6, 6.07) is 34.2. The van der Waals surface area contributed by atoms with Gasteiger partial charge in [-0.25, -0.2) is 4.79 Å². The molecule has 3 aromatic carbocycles. The van der Waals surface area contributed by atoms with Crippen molar-refractivity contribution in [3.63, 3.8) is 0 Å². The van der Waals surface area contributed by atoms with Crippen LogP contribution in [0.3, 0.4) is 0 Å². The van der Waals surface area contributed by atoms with Crippen molar-refractivity contribution in [2.24, 2.45) is 0 Å². The summed E-state index contributed by atoms with van der Waals surface area (Å²) >= 11 is 0. The molecule has 0 radical (unpaired) electrons. The van der Waals surface area contributed by atoms with E-state index in [1.54, 1.807) is 0 Å². The van der Waals surface area contributed by atoms with E-state index >= 15 is 0 Å². The second-order valence-electron chi connectivity index (χ2n) is 8.89. The summed E-state index contributed by atoms with van der Waals surface area (Å²) in [5.41, 5.74) is 0. The molecule has 0 aromatic heterocycles. The van der Waals surface area contributed by atoms with Crippen molar-refractivity contribution in [3.05, 3.63) is 91.0 Å². The van der Waals surface area contributed by atoms with Crippen LogP contribution < -0.4 is 15.9 Å². The molecule has 0 saturated heterocycles. The Balaban J connectivity index is 0. The van der Waals surface area contributed by atoms with Crippen molar-refractivity contribution in [3.8, 4) is 18.2 Å². The first-order chi connectivity index (χ1) is 21.5. The average Bonchev–Trinajstić information content (AvgIpc) is 3.04. The molecule has 0 aliphatic carbocycles. The fourth-order valence-corrected chi connectivity index (χ4v) is 7.49. The lowest BCUT2D eigenvalue weighted by atomic mass is 10.2. The molecule has 0 fully saturated rings. The third-order valence-electron chi connectivity index (χ3n) is 5.57. The van der Waals surface area contributed by atoms with Gasteiger partial charge in [0.25, 0.3) is 5.78 Å². The van der Waals surface area contributed by atoms with Gasteiger partial charge in [-0.15, -0.1) is 0 Å². The van der Waals surface area contributed by atoms with Gasteiger partial charge in [0.15, 0.2) is 5.78 Å². The van der Waals surface area contributed by atoms with E-state index in [1.165, 1.54) is 13.0 Å². The number of nitriles is 3. The first-order valence-electron chi connectivity index (χ1n) is 12.9. The number of carbonyl (C=O) groups is 6. The zero-order valence-electron chi connectivity index (χ0n) is 25.7. The topological polar surface area (TPSA) is 266 Å². The van der Waals surface area contributed by atoms with Gasteiger partial charge in [-0.05, 0) is 29.7 Å². The molecule has 5 N–H and O–H groups in total. The molecule has 0 saturated carbocycles. The number of ketones is 5. The summed E-state index contributed by atoms with van der Waals surface area (Å²) < 4.78 is 0. The van der Waals surface area contributed by atoms with Crippen LogP contribution in [-0.2, 0) is 28.8 Å². The molecule has 244 valence electrons. The molecule has 0 unspecified atom stereocenters. The van der Waals surface area contributed by atoms with E-state index in [0.29, 0.717) is 5.29 Å². The van der Waals surface area contributed by atoms with Crippen molar-refractivity contribution in [2.75, 3.05) is 0 Å². The summed E-state index contributed by atoms with van der Waals surface area (Å²) in [5.74, 6) is -7.83. The van der Waals surface area contributed by atoms with Gasteiger partial charge in [0.05, 0.1) is 0 Å². The lowest BCUT2D eigenvalue weighted by Gasteiger charge is -2.29. The molecule has 0 heterocycles. The Morgan fingerprint density at radius 3 is 1.04 bits per heavy atom. The fraction of sp³-hybridized carbons (Fsp3) is 0.152. The Hall–Kier alpha value is -5.87. The lowest BCUT2D eigenvalue weighted by Crippen LogP contribution is -2.34. The van der Waals surface area contributed by atoms with Crippen LogP contribution >= 0.6 is 6.89 Å². The molecule has 3 rings (SSSR count). The molecule has 0 spiro atoms. The normalized spacial score (nSPS) is 9.43. The Bertz CT molecular complexity index is 1640. The van der Waals surface area contributed by atoms with E-state index in [9.17, 15) is 34.0 Å². The number of rotatable bonds is 7. The second kappa shape index (κ2) is 21.0. The Morgan fingerprint density at radius 1 is 0.596 bits per heavy atom. The summed E-state index contributed by atoms with van der Waals surface area (Å²) in [4.78, 5) is 61.0. The number of aliphatic carboxylic acids is 1. The summed E-state index contributed by atoms with van der Waals surface area (Å²) in [7, 11) is 0. The third-order valence-corrected chi connectivity index (χ3v) is 9.88. The van der Waals surface area contributed by atoms with E-state index in [0.717, 1.165) is 42.8 Å². The van der Waals surface area contributed by atoms with Gasteiger partial charge in [-0.3, -0.25) is 24.0 Å². The minimum Gasteiger partial charge on any atom is -0.476 e. The molecule has 14 heteroatoms. The quantitative estimate of drug-likeness (QED) is 0.103. The average molecular weight is 662 g/mol. The van der Waals surface area contributed by atoms with Gasteiger partial charge < -0.3 is 20.8 Å². The van der Waals surface area contributed by atoms with Crippen molar-refractivity contribution >= 4 is 63.0 Å². The van der Waals surface area contributed by atoms with Gasteiger partial charge in [-0.2, -0.15) is 15.8 Å². The highest BCUT2D eigenvalue weighted by Crippen LogP contribution is 2.46. The molecule has 0 bridgehead atoms. The highest BCUT2D eigenvalue weighted by atomic mass is 31.2. The van der Waals surface area contributed by atoms with Gasteiger partial charge in [0.1, 0.15) is 23.5 Å². The predicted octanol–water partition coefficient (Wildman–Crippen LogP) is 0.549. The summed E-state index contributed by atoms with van der Waals surface area (Å²) in [6.07, 6.45) is 0. The Morgan fingerprint density at radius 2 is 0.915 bits per heavy atom. The molecule has 0 aliphatic heterocycles. The predicted molar refractivity (Wildman–Crippen MR) is 173 cm³/mol. The number of benzene rings is 3. The van der Waals surface area contributed by atoms with Gasteiger partial charge >= 0.3 is 11.8 Å². The standard InChI is InChI=1S/C22H18NOP.C4H5NO3.C4H3NO2.C3H4O3.H2O/c1-18(24)22(17-23)25(19-11-5-2-6-12-19,20-13-7-3-8-14-20)21-15-9-4-10-16-21;1-3(6)4(7,8)2-5;1-3(6)4(7)2-5;1-2(4)3(5)6;/h2-16H,1H3;7-8H,1H3;1H3;1H3,(H,5,6);1H2. The van der Waals surface area contributed by atoms with Crippen LogP contribution in [0.4, 0.5) is 0 Å². The van der Waals surface area contributed by atoms with Crippen molar-refractivity contribution < 1.29 is 49.6 Å². The highest BCUT2D eigenvalue weighted by Gasteiger charge is 2.32. The molecule has 0 atom stereocenters. The van der Waals surface area contributed by atoms with E-state index in [1.807, 2.05) is 91.0 Å². The fourth-order valence-electron chi connectivity index (χ4n) is 3.34. The first-order valence-corrected chi connectivity index (χ1v) is 14.7. The molecule has 0 amide bonds. The number of hydrogen-bond acceptors (Lipinski definition) is 11. The number of nitrogens with zero attached hydrogens (tertiary/aromatic N) is 3. The summed E-state index contributed by atoms with van der Waals surface area (Å²) in [5, 5.41) is 52.9. The minimum absolute atomic E-state index is 0.